The molecule has 0 spiro atoms. The van der Waals surface area contributed by atoms with Gasteiger partial charge in [0.05, 0.1) is 0 Å². The molecule has 2 rings (SSSR count). The summed E-state index contributed by atoms with van der Waals surface area (Å²) in [5.74, 6) is -1.48. The number of nitrogens with one attached hydrogen (secondary N) is 1. The molecule has 20 heavy (non-hydrogen) atoms. The van der Waals surface area contributed by atoms with Crippen molar-refractivity contribution in [2.24, 2.45) is 0 Å². The summed E-state index contributed by atoms with van der Waals surface area (Å²) in [7, 11) is 1.70. The highest BCUT2D eigenvalue weighted by molar-refractivity contribution is 5.30. The first kappa shape index (κ1) is 14.6. The molecule has 0 aliphatic heterocycles. The van der Waals surface area contributed by atoms with E-state index in [1.165, 1.54) is 18.2 Å². The zero-order valence-corrected chi connectivity index (χ0v) is 11.4. The minimum atomic E-state index is -0.594. The van der Waals surface area contributed by atoms with Crippen molar-refractivity contribution in [2.45, 2.75) is 19.4 Å². The predicted octanol–water partition coefficient (Wildman–Crippen LogP) is 3.92. The highest BCUT2D eigenvalue weighted by Crippen LogP contribution is 2.24. The van der Waals surface area contributed by atoms with Gasteiger partial charge in [-0.15, -0.1) is 0 Å². The Kier molecular flexibility index (Phi) is 4.45. The maximum absolute atomic E-state index is 13.9. The fourth-order valence-corrected chi connectivity index (χ4v) is 2.21. The number of likely N-dealkylation sites (N-methyl/N-ethyl adjacent to an activating group) is 1. The summed E-state index contributed by atoms with van der Waals surface area (Å²) in [5.41, 5.74) is 1.53. The number of benzene rings is 2. The maximum atomic E-state index is 13.9. The summed E-state index contributed by atoms with van der Waals surface area (Å²) in [4.78, 5) is 0. The zero-order chi connectivity index (χ0) is 14.7. The van der Waals surface area contributed by atoms with Crippen LogP contribution in [0.4, 0.5) is 13.2 Å². The van der Waals surface area contributed by atoms with Gasteiger partial charge in [0.2, 0.25) is 0 Å². The fourth-order valence-electron chi connectivity index (χ4n) is 2.21. The van der Waals surface area contributed by atoms with Crippen LogP contribution in [0.1, 0.15) is 22.7 Å². The Labute approximate surface area is 116 Å². The molecule has 2 aromatic carbocycles. The molecular weight excluding hydrogens is 263 g/mol. The summed E-state index contributed by atoms with van der Waals surface area (Å²) >= 11 is 0. The third-order valence-electron chi connectivity index (χ3n) is 3.33. The minimum Gasteiger partial charge on any atom is -0.313 e. The lowest BCUT2D eigenvalue weighted by atomic mass is 9.97. The summed E-state index contributed by atoms with van der Waals surface area (Å²) in [6, 6.07) is 8.21. The Morgan fingerprint density at radius 3 is 2.45 bits per heavy atom. The van der Waals surface area contributed by atoms with E-state index in [0.29, 0.717) is 17.5 Å². The number of halogens is 3. The first-order valence-electron chi connectivity index (χ1n) is 6.38. The summed E-state index contributed by atoms with van der Waals surface area (Å²) in [6.45, 7) is 1.59. The zero-order valence-electron chi connectivity index (χ0n) is 11.4. The quantitative estimate of drug-likeness (QED) is 0.894. The number of hydrogen-bond acceptors (Lipinski definition) is 1. The Morgan fingerprint density at radius 1 is 1.05 bits per heavy atom. The first-order chi connectivity index (χ1) is 9.51. The van der Waals surface area contributed by atoms with Crippen LogP contribution in [-0.2, 0) is 6.42 Å². The van der Waals surface area contributed by atoms with E-state index in [4.69, 9.17) is 0 Å². The van der Waals surface area contributed by atoms with Crippen molar-refractivity contribution in [2.75, 3.05) is 7.05 Å². The Morgan fingerprint density at radius 2 is 1.80 bits per heavy atom. The van der Waals surface area contributed by atoms with Gasteiger partial charge in [-0.25, -0.2) is 13.2 Å². The van der Waals surface area contributed by atoms with E-state index in [2.05, 4.69) is 5.32 Å². The monoisotopic (exact) mass is 279 g/mol. The van der Waals surface area contributed by atoms with Crippen LogP contribution in [-0.4, -0.2) is 7.05 Å². The van der Waals surface area contributed by atoms with Gasteiger partial charge >= 0.3 is 0 Å². The molecular formula is C16H16F3N. The lowest BCUT2D eigenvalue weighted by Gasteiger charge is -2.18. The molecule has 2 aromatic rings. The highest BCUT2D eigenvalue weighted by atomic mass is 19.1. The van der Waals surface area contributed by atoms with Crippen molar-refractivity contribution in [3.8, 4) is 0 Å². The molecule has 0 saturated heterocycles. The van der Waals surface area contributed by atoms with E-state index in [0.717, 1.165) is 11.6 Å². The van der Waals surface area contributed by atoms with Gasteiger partial charge in [0.25, 0.3) is 0 Å². The Balaban J connectivity index is 2.31. The van der Waals surface area contributed by atoms with Crippen LogP contribution < -0.4 is 5.32 Å². The molecule has 0 aliphatic carbocycles. The van der Waals surface area contributed by atoms with E-state index in [-0.39, 0.29) is 11.9 Å². The van der Waals surface area contributed by atoms with Crippen LogP contribution in [0, 0.1) is 24.4 Å². The van der Waals surface area contributed by atoms with Crippen molar-refractivity contribution >= 4 is 0 Å². The molecule has 4 heteroatoms. The van der Waals surface area contributed by atoms with E-state index in [1.54, 1.807) is 26.1 Å². The topological polar surface area (TPSA) is 12.0 Å². The average molecular weight is 279 g/mol. The van der Waals surface area contributed by atoms with E-state index >= 15 is 0 Å². The van der Waals surface area contributed by atoms with Gasteiger partial charge in [0.1, 0.15) is 17.5 Å². The molecule has 1 N–H and O–H groups in total. The standard InChI is InChI=1S/C16H16F3N/c1-10-6-13(15(19)9-14(10)18)16(20-2)8-11-4-3-5-12(17)7-11/h3-7,9,16,20H,8H2,1-2H3. The Bertz CT molecular complexity index is 611. The van der Waals surface area contributed by atoms with E-state index in [1.807, 2.05) is 0 Å². The molecule has 1 atom stereocenters. The second kappa shape index (κ2) is 6.09. The van der Waals surface area contributed by atoms with Crippen LogP contribution >= 0.6 is 0 Å². The van der Waals surface area contributed by atoms with Crippen molar-refractivity contribution < 1.29 is 13.2 Å². The van der Waals surface area contributed by atoms with Crippen LogP contribution in [0.5, 0.6) is 0 Å². The van der Waals surface area contributed by atoms with Crippen LogP contribution in [0.15, 0.2) is 36.4 Å². The van der Waals surface area contributed by atoms with Crippen LogP contribution in [0.2, 0.25) is 0 Å². The molecule has 0 amide bonds. The molecule has 0 aliphatic rings. The second-order valence-corrected chi connectivity index (χ2v) is 4.80. The first-order valence-corrected chi connectivity index (χ1v) is 6.38. The lowest BCUT2D eigenvalue weighted by molar-refractivity contribution is 0.518. The maximum Gasteiger partial charge on any atom is 0.130 e. The lowest BCUT2D eigenvalue weighted by Crippen LogP contribution is -2.20. The van der Waals surface area contributed by atoms with Crippen molar-refractivity contribution in [1.29, 1.82) is 0 Å². The van der Waals surface area contributed by atoms with Crippen molar-refractivity contribution in [1.82, 2.24) is 5.32 Å². The number of aryl methyl sites for hydroxylation is 1. The molecule has 1 unspecified atom stereocenters. The largest absolute Gasteiger partial charge is 0.313 e. The fraction of sp³-hybridized carbons (Fsp3) is 0.250. The second-order valence-electron chi connectivity index (χ2n) is 4.80. The summed E-state index contributed by atoms with van der Waals surface area (Å²) in [6.07, 6.45) is 0.427. The summed E-state index contributed by atoms with van der Waals surface area (Å²) in [5, 5.41) is 2.99. The van der Waals surface area contributed by atoms with Crippen molar-refractivity contribution in [3.63, 3.8) is 0 Å². The van der Waals surface area contributed by atoms with Crippen LogP contribution in [0.3, 0.4) is 0 Å². The third kappa shape index (κ3) is 3.20. The smallest absolute Gasteiger partial charge is 0.130 e. The summed E-state index contributed by atoms with van der Waals surface area (Å²) < 4.78 is 40.4. The van der Waals surface area contributed by atoms with Gasteiger partial charge in [0, 0.05) is 17.7 Å². The highest BCUT2D eigenvalue weighted by Gasteiger charge is 2.17. The van der Waals surface area contributed by atoms with E-state index in [9.17, 15) is 13.2 Å². The molecule has 0 heterocycles. The number of hydrogen-bond donors (Lipinski definition) is 1. The molecule has 0 fully saturated rings. The Hall–Kier alpha value is -1.81. The third-order valence-corrected chi connectivity index (χ3v) is 3.33. The molecule has 0 aromatic heterocycles. The van der Waals surface area contributed by atoms with Gasteiger partial charge in [-0.1, -0.05) is 12.1 Å². The number of rotatable bonds is 4. The van der Waals surface area contributed by atoms with Gasteiger partial charge in [-0.3, -0.25) is 0 Å². The molecule has 1 nitrogen and oxygen atoms in total. The SMILES string of the molecule is CNC(Cc1cccc(F)c1)c1cc(C)c(F)cc1F. The van der Waals surface area contributed by atoms with Crippen molar-refractivity contribution in [3.05, 3.63) is 70.5 Å². The normalized spacial score (nSPS) is 12.4. The van der Waals surface area contributed by atoms with Gasteiger partial charge < -0.3 is 5.32 Å². The van der Waals surface area contributed by atoms with Gasteiger partial charge in [-0.2, -0.15) is 0 Å². The predicted molar refractivity (Wildman–Crippen MR) is 73.0 cm³/mol. The molecule has 0 bridgehead atoms. The molecule has 0 saturated carbocycles. The molecule has 106 valence electrons. The average Bonchev–Trinajstić information content (AvgIpc) is 2.40. The van der Waals surface area contributed by atoms with Gasteiger partial charge in [0.15, 0.2) is 0 Å². The van der Waals surface area contributed by atoms with Gasteiger partial charge in [-0.05, 0) is 49.7 Å². The van der Waals surface area contributed by atoms with Crippen LogP contribution in [0.25, 0.3) is 0 Å². The minimum absolute atomic E-state index is 0.326. The molecule has 0 radical (unpaired) electrons. The van der Waals surface area contributed by atoms with E-state index < -0.39 is 11.6 Å².